The van der Waals surface area contributed by atoms with Crippen LogP contribution in [-0.4, -0.2) is 31.2 Å². The molecular formula is C8H10F2O3. The summed E-state index contributed by atoms with van der Waals surface area (Å²) < 4.78 is 34.2. The second kappa shape index (κ2) is 3.83. The Morgan fingerprint density at radius 3 is 2.85 bits per heavy atom. The van der Waals surface area contributed by atoms with Crippen molar-refractivity contribution < 1.29 is 23.0 Å². The minimum atomic E-state index is -2.76. The van der Waals surface area contributed by atoms with Crippen molar-refractivity contribution in [2.75, 3.05) is 13.2 Å². The van der Waals surface area contributed by atoms with Crippen molar-refractivity contribution in [3.8, 4) is 0 Å². The van der Waals surface area contributed by atoms with Crippen LogP contribution in [0, 0.1) is 0 Å². The van der Waals surface area contributed by atoms with Crippen LogP contribution >= 0.6 is 0 Å². The maximum atomic E-state index is 12.5. The first kappa shape index (κ1) is 10.1. The topological polar surface area (TPSA) is 35.5 Å². The summed E-state index contributed by atoms with van der Waals surface area (Å²) in [6, 6.07) is 0. The van der Waals surface area contributed by atoms with Crippen LogP contribution in [0.4, 0.5) is 8.78 Å². The van der Waals surface area contributed by atoms with Gasteiger partial charge in [-0.3, -0.25) is 0 Å². The van der Waals surface area contributed by atoms with E-state index in [2.05, 4.69) is 16.1 Å². The van der Waals surface area contributed by atoms with E-state index >= 15 is 0 Å². The molecule has 1 atom stereocenters. The molecule has 0 N–H and O–H groups in total. The predicted molar refractivity (Wildman–Crippen MR) is 40.5 cm³/mol. The Hall–Kier alpha value is -0.970. The Morgan fingerprint density at radius 2 is 2.46 bits per heavy atom. The van der Waals surface area contributed by atoms with Gasteiger partial charge >= 0.3 is 5.97 Å². The molecule has 1 aliphatic heterocycles. The molecule has 0 saturated carbocycles. The van der Waals surface area contributed by atoms with Gasteiger partial charge in [-0.25, -0.2) is 13.6 Å². The van der Waals surface area contributed by atoms with Gasteiger partial charge in [-0.15, -0.1) is 0 Å². The molecule has 0 radical (unpaired) electrons. The fourth-order valence-electron chi connectivity index (χ4n) is 0.947. The van der Waals surface area contributed by atoms with Crippen LogP contribution in [-0.2, 0) is 14.3 Å². The zero-order valence-electron chi connectivity index (χ0n) is 6.96. The third-order valence-electron chi connectivity index (χ3n) is 1.74. The van der Waals surface area contributed by atoms with E-state index in [1.807, 2.05) is 0 Å². The fraction of sp³-hybridized carbons (Fsp3) is 0.625. The van der Waals surface area contributed by atoms with Gasteiger partial charge in [0.2, 0.25) is 0 Å². The monoisotopic (exact) mass is 192 g/mol. The lowest BCUT2D eigenvalue weighted by molar-refractivity contribution is -0.267. The van der Waals surface area contributed by atoms with Gasteiger partial charge in [0.15, 0.2) is 0 Å². The lowest BCUT2D eigenvalue weighted by Crippen LogP contribution is -2.51. The highest BCUT2D eigenvalue weighted by atomic mass is 19.3. The molecule has 1 saturated heterocycles. The normalized spacial score (nSPS) is 24.6. The molecule has 1 aliphatic rings. The molecule has 0 bridgehead atoms. The van der Waals surface area contributed by atoms with Gasteiger partial charge in [0.25, 0.3) is 5.92 Å². The first-order chi connectivity index (χ1) is 6.06. The quantitative estimate of drug-likeness (QED) is 0.495. The van der Waals surface area contributed by atoms with Crippen LogP contribution in [0.15, 0.2) is 12.7 Å². The summed E-state index contributed by atoms with van der Waals surface area (Å²) in [6.07, 6.45) is -0.100. The van der Waals surface area contributed by atoms with Crippen molar-refractivity contribution in [1.29, 1.82) is 0 Å². The number of alkyl halides is 2. The lowest BCUT2D eigenvalue weighted by atomic mass is 10.1. The largest absolute Gasteiger partial charge is 0.462 e. The number of carbonyl (C=O) groups is 1. The van der Waals surface area contributed by atoms with Gasteiger partial charge in [0.1, 0.15) is 12.7 Å². The van der Waals surface area contributed by atoms with E-state index in [0.29, 0.717) is 0 Å². The Bertz CT molecular complexity index is 215. The molecule has 74 valence electrons. The maximum Gasteiger partial charge on any atom is 0.330 e. The third-order valence-corrected chi connectivity index (χ3v) is 1.74. The van der Waals surface area contributed by atoms with E-state index < -0.39 is 24.6 Å². The average Bonchev–Trinajstić information content (AvgIpc) is 2.10. The van der Waals surface area contributed by atoms with E-state index in [1.165, 1.54) is 0 Å². The van der Waals surface area contributed by atoms with Crippen molar-refractivity contribution in [3.63, 3.8) is 0 Å². The maximum absolute atomic E-state index is 12.5. The molecular weight excluding hydrogens is 182 g/mol. The molecule has 1 heterocycles. The molecule has 0 spiro atoms. The summed E-state index contributed by atoms with van der Waals surface area (Å²) in [7, 11) is 0. The molecule has 5 heteroatoms. The summed E-state index contributed by atoms with van der Waals surface area (Å²) in [5, 5.41) is 0. The minimum absolute atomic E-state index is 0.0204. The molecule has 0 aromatic rings. The van der Waals surface area contributed by atoms with Crippen molar-refractivity contribution in [1.82, 2.24) is 0 Å². The highest BCUT2D eigenvalue weighted by molar-refractivity contribution is 5.81. The lowest BCUT2D eigenvalue weighted by Gasteiger charge is -2.36. The highest BCUT2D eigenvalue weighted by Crippen LogP contribution is 2.33. The van der Waals surface area contributed by atoms with E-state index in [-0.39, 0.29) is 13.0 Å². The van der Waals surface area contributed by atoms with E-state index in [0.717, 1.165) is 6.08 Å². The summed E-state index contributed by atoms with van der Waals surface area (Å²) in [4.78, 5) is 10.5. The number of esters is 1. The smallest absolute Gasteiger partial charge is 0.330 e. The first-order valence-corrected chi connectivity index (χ1v) is 3.85. The number of hydrogen-bond donors (Lipinski definition) is 0. The molecule has 0 aromatic heterocycles. The molecule has 0 aliphatic carbocycles. The minimum Gasteiger partial charge on any atom is -0.462 e. The number of ether oxygens (including phenoxy) is 2. The molecule has 1 unspecified atom stereocenters. The van der Waals surface area contributed by atoms with Gasteiger partial charge < -0.3 is 9.47 Å². The molecule has 0 amide bonds. The summed E-state index contributed by atoms with van der Waals surface area (Å²) in [6.45, 7) is 2.57. The molecule has 1 rings (SSSR count). The van der Waals surface area contributed by atoms with Gasteiger partial charge in [-0.05, 0) is 0 Å². The fourth-order valence-corrected chi connectivity index (χ4v) is 0.947. The zero-order valence-corrected chi connectivity index (χ0v) is 6.96. The summed E-state index contributed by atoms with van der Waals surface area (Å²) in [5.74, 6) is -3.37. The van der Waals surface area contributed by atoms with Crippen LogP contribution in [0.25, 0.3) is 0 Å². The van der Waals surface area contributed by atoms with Crippen LogP contribution in [0.3, 0.4) is 0 Å². The van der Waals surface area contributed by atoms with E-state index in [4.69, 9.17) is 0 Å². The van der Waals surface area contributed by atoms with Gasteiger partial charge in [0.05, 0.1) is 6.61 Å². The Balaban J connectivity index is 2.13. The van der Waals surface area contributed by atoms with Crippen molar-refractivity contribution in [2.45, 2.75) is 18.4 Å². The second-order valence-electron chi connectivity index (χ2n) is 2.72. The number of carbonyl (C=O) groups excluding carboxylic acids is 1. The molecule has 13 heavy (non-hydrogen) atoms. The zero-order chi connectivity index (χ0) is 9.90. The Labute approximate surface area is 74.3 Å². The van der Waals surface area contributed by atoms with Gasteiger partial charge in [-0.2, -0.15) is 0 Å². The van der Waals surface area contributed by atoms with Crippen molar-refractivity contribution in [3.05, 3.63) is 12.7 Å². The standard InChI is InChI=1S/C8H10F2O3/c1-2-7(11)12-4-3-6-8(9,10)5-13-6/h2,6H,1,3-5H2. The van der Waals surface area contributed by atoms with Crippen molar-refractivity contribution in [2.24, 2.45) is 0 Å². The predicted octanol–water partition coefficient (Wildman–Crippen LogP) is 1.14. The van der Waals surface area contributed by atoms with Crippen molar-refractivity contribution >= 4 is 5.97 Å². The number of halogens is 2. The summed E-state index contributed by atoms with van der Waals surface area (Å²) in [5.41, 5.74) is 0. The Kier molecular flexibility index (Phi) is 2.98. The average molecular weight is 192 g/mol. The van der Waals surface area contributed by atoms with Crippen LogP contribution in [0.2, 0.25) is 0 Å². The van der Waals surface area contributed by atoms with E-state index in [1.54, 1.807) is 0 Å². The number of rotatable bonds is 4. The third kappa shape index (κ3) is 2.48. The molecule has 1 fully saturated rings. The van der Waals surface area contributed by atoms with Crippen LogP contribution < -0.4 is 0 Å². The van der Waals surface area contributed by atoms with E-state index in [9.17, 15) is 13.6 Å². The highest BCUT2D eigenvalue weighted by Gasteiger charge is 2.49. The summed E-state index contributed by atoms with van der Waals surface area (Å²) >= 11 is 0. The molecule has 3 nitrogen and oxygen atoms in total. The van der Waals surface area contributed by atoms with Crippen LogP contribution in [0.1, 0.15) is 6.42 Å². The molecule has 0 aromatic carbocycles. The van der Waals surface area contributed by atoms with Gasteiger partial charge in [0, 0.05) is 12.5 Å². The first-order valence-electron chi connectivity index (χ1n) is 3.85. The Morgan fingerprint density at radius 1 is 1.77 bits per heavy atom. The SMILES string of the molecule is C=CC(=O)OCCC1OCC1(F)F. The van der Waals surface area contributed by atoms with Gasteiger partial charge in [-0.1, -0.05) is 6.58 Å². The second-order valence-corrected chi connectivity index (χ2v) is 2.72. The van der Waals surface area contributed by atoms with Crippen LogP contribution in [0.5, 0.6) is 0 Å². The number of hydrogen-bond acceptors (Lipinski definition) is 3.